The van der Waals surface area contributed by atoms with Crippen molar-refractivity contribution in [1.29, 1.82) is 0 Å². The Labute approximate surface area is 169 Å². The first-order chi connectivity index (χ1) is 14.0. The van der Waals surface area contributed by atoms with E-state index in [1.54, 1.807) is 36.5 Å². The number of nitrogens with zero attached hydrogens (tertiary/aromatic N) is 1. The van der Waals surface area contributed by atoms with E-state index in [-0.39, 0.29) is 11.6 Å². The molecule has 148 valence electrons. The standard InChI is InChI=1S/C23H23N3O3/c1-4-16-9-7-8-15(2)21(16)26-22(27)20-14-17(12-13-24-20)25-19-11-6-5-10-18(19)23(28)29-3/h5-14H,4H2,1-3H3,(H,24,25)(H,26,27). The third-order valence-corrected chi connectivity index (χ3v) is 4.58. The second-order valence-electron chi connectivity index (χ2n) is 6.51. The van der Waals surface area contributed by atoms with Crippen molar-refractivity contribution in [3.63, 3.8) is 0 Å². The van der Waals surface area contributed by atoms with E-state index in [9.17, 15) is 9.59 Å². The fourth-order valence-corrected chi connectivity index (χ4v) is 3.05. The monoisotopic (exact) mass is 389 g/mol. The molecule has 0 spiro atoms. The van der Waals surface area contributed by atoms with Gasteiger partial charge in [0.2, 0.25) is 0 Å². The van der Waals surface area contributed by atoms with Crippen LogP contribution in [0.4, 0.5) is 17.1 Å². The molecule has 0 fully saturated rings. The van der Waals surface area contributed by atoms with E-state index in [4.69, 9.17) is 4.74 Å². The number of anilines is 3. The number of para-hydroxylation sites is 2. The largest absolute Gasteiger partial charge is 0.465 e. The fourth-order valence-electron chi connectivity index (χ4n) is 3.05. The number of benzene rings is 2. The number of pyridine rings is 1. The van der Waals surface area contributed by atoms with Crippen LogP contribution in [0.3, 0.4) is 0 Å². The van der Waals surface area contributed by atoms with E-state index in [1.807, 2.05) is 38.1 Å². The number of carbonyl (C=O) groups excluding carboxylic acids is 2. The Bertz CT molecular complexity index is 1050. The van der Waals surface area contributed by atoms with Gasteiger partial charge >= 0.3 is 5.97 Å². The predicted octanol–water partition coefficient (Wildman–Crippen LogP) is 4.73. The van der Waals surface area contributed by atoms with Gasteiger partial charge in [-0.1, -0.05) is 37.3 Å². The number of nitrogens with one attached hydrogen (secondary N) is 2. The molecule has 1 amide bonds. The van der Waals surface area contributed by atoms with Gasteiger partial charge in [-0.15, -0.1) is 0 Å². The molecule has 0 atom stereocenters. The van der Waals surface area contributed by atoms with Crippen molar-refractivity contribution in [2.75, 3.05) is 17.7 Å². The van der Waals surface area contributed by atoms with Gasteiger partial charge in [0.05, 0.1) is 18.4 Å². The van der Waals surface area contributed by atoms with Crippen molar-refractivity contribution in [3.05, 3.63) is 83.2 Å². The summed E-state index contributed by atoms with van der Waals surface area (Å²) in [4.78, 5) is 28.9. The van der Waals surface area contributed by atoms with Gasteiger partial charge in [-0.25, -0.2) is 4.79 Å². The van der Waals surface area contributed by atoms with Gasteiger partial charge in [0, 0.05) is 17.6 Å². The van der Waals surface area contributed by atoms with Crippen LogP contribution in [0, 0.1) is 6.92 Å². The van der Waals surface area contributed by atoms with Crippen LogP contribution in [0.15, 0.2) is 60.8 Å². The van der Waals surface area contributed by atoms with Crippen LogP contribution in [0.1, 0.15) is 38.9 Å². The third kappa shape index (κ3) is 4.60. The molecule has 0 saturated heterocycles. The lowest BCUT2D eigenvalue weighted by molar-refractivity contribution is 0.0601. The van der Waals surface area contributed by atoms with Gasteiger partial charge in [0.1, 0.15) is 5.69 Å². The first kappa shape index (κ1) is 20.1. The highest BCUT2D eigenvalue weighted by molar-refractivity contribution is 6.04. The van der Waals surface area contributed by atoms with E-state index in [2.05, 4.69) is 15.6 Å². The first-order valence-corrected chi connectivity index (χ1v) is 9.33. The van der Waals surface area contributed by atoms with E-state index in [0.717, 1.165) is 23.2 Å². The van der Waals surface area contributed by atoms with Crippen LogP contribution in [0.5, 0.6) is 0 Å². The van der Waals surface area contributed by atoms with Crippen LogP contribution in [0.2, 0.25) is 0 Å². The molecule has 6 nitrogen and oxygen atoms in total. The number of rotatable bonds is 6. The summed E-state index contributed by atoms with van der Waals surface area (Å²) in [6.07, 6.45) is 2.37. The number of carbonyl (C=O) groups is 2. The van der Waals surface area contributed by atoms with Crippen LogP contribution < -0.4 is 10.6 Å². The zero-order valence-electron chi connectivity index (χ0n) is 16.7. The number of ether oxygens (including phenoxy) is 1. The van der Waals surface area contributed by atoms with Gasteiger partial charge in [-0.2, -0.15) is 0 Å². The molecule has 0 saturated carbocycles. The number of hydrogen-bond acceptors (Lipinski definition) is 5. The molecule has 3 aromatic rings. The van der Waals surface area contributed by atoms with E-state index in [0.29, 0.717) is 16.9 Å². The van der Waals surface area contributed by atoms with Gasteiger partial charge in [-0.05, 0) is 48.7 Å². The molecule has 2 aromatic carbocycles. The Morgan fingerprint density at radius 1 is 1.07 bits per heavy atom. The molecule has 29 heavy (non-hydrogen) atoms. The highest BCUT2D eigenvalue weighted by Gasteiger charge is 2.14. The van der Waals surface area contributed by atoms with Crippen molar-refractivity contribution < 1.29 is 14.3 Å². The van der Waals surface area contributed by atoms with Crippen LogP contribution in [-0.4, -0.2) is 24.0 Å². The molecular weight excluding hydrogens is 366 g/mol. The fraction of sp³-hybridized carbons (Fsp3) is 0.174. The van der Waals surface area contributed by atoms with Crippen molar-refractivity contribution >= 4 is 28.9 Å². The Balaban J connectivity index is 1.84. The maximum atomic E-state index is 12.8. The lowest BCUT2D eigenvalue weighted by Crippen LogP contribution is -2.16. The molecule has 0 aliphatic heterocycles. The summed E-state index contributed by atoms with van der Waals surface area (Å²) >= 11 is 0. The SMILES string of the molecule is CCc1cccc(C)c1NC(=O)c1cc(Nc2ccccc2C(=O)OC)ccn1. The Morgan fingerprint density at radius 3 is 2.62 bits per heavy atom. The van der Waals surface area contributed by atoms with E-state index in [1.165, 1.54) is 7.11 Å². The molecule has 2 N–H and O–H groups in total. The molecule has 0 aliphatic rings. The van der Waals surface area contributed by atoms with E-state index >= 15 is 0 Å². The Hall–Kier alpha value is -3.67. The van der Waals surface area contributed by atoms with Crippen LogP contribution in [-0.2, 0) is 11.2 Å². The average molecular weight is 389 g/mol. The summed E-state index contributed by atoms with van der Waals surface area (Å²) in [7, 11) is 1.34. The predicted molar refractivity (Wildman–Crippen MR) is 114 cm³/mol. The minimum atomic E-state index is -0.438. The topological polar surface area (TPSA) is 80.3 Å². The second kappa shape index (κ2) is 9.01. The molecule has 1 aromatic heterocycles. The second-order valence-corrected chi connectivity index (χ2v) is 6.51. The molecular formula is C23H23N3O3. The quantitative estimate of drug-likeness (QED) is 0.596. The van der Waals surface area contributed by atoms with E-state index < -0.39 is 5.97 Å². The zero-order chi connectivity index (χ0) is 20.8. The summed E-state index contributed by atoms with van der Waals surface area (Å²) in [5.41, 5.74) is 4.79. The summed E-state index contributed by atoms with van der Waals surface area (Å²) in [6, 6.07) is 16.3. The number of esters is 1. The molecule has 3 rings (SSSR count). The Morgan fingerprint density at radius 2 is 1.86 bits per heavy atom. The number of aromatic nitrogens is 1. The van der Waals surface area contributed by atoms with Crippen molar-refractivity contribution in [2.24, 2.45) is 0 Å². The van der Waals surface area contributed by atoms with Gasteiger partial charge in [0.25, 0.3) is 5.91 Å². The van der Waals surface area contributed by atoms with Gasteiger partial charge in [0.15, 0.2) is 0 Å². The highest BCUT2D eigenvalue weighted by atomic mass is 16.5. The molecule has 1 heterocycles. The molecule has 0 radical (unpaired) electrons. The molecule has 6 heteroatoms. The lowest BCUT2D eigenvalue weighted by Gasteiger charge is -2.14. The maximum Gasteiger partial charge on any atom is 0.339 e. The minimum Gasteiger partial charge on any atom is -0.465 e. The third-order valence-electron chi connectivity index (χ3n) is 4.58. The van der Waals surface area contributed by atoms with Crippen molar-refractivity contribution in [1.82, 2.24) is 4.98 Å². The van der Waals surface area contributed by atoms with Crippen molar-refractivity contribution in [3.8, 4) is 0 Å². The molecule has 0 aliphatic carbocycles. The van der Waals surface area contributed by atoms with Gasteiger partial charge in [-0.3, -0.25) is 9.78 Å². The van der Waals surface area contributed by atoms with Gasteiger partial charge < -0.3 is 15.4 Å². The summed E-state index contributed by atoms with van der Waals surface area (Å²) in [5, 5.41) is 6.13. The first-order valence-electron chi connectivity index (χ1n) is 9.33. The normalized spacial score (nSPS) is 10.3. The smallest absolute Gasteiger partial charge is 0.339 e. The Kier molecular flexibility index (Phi) is 6.24. The molecule has 0 unspecified atom stereocenters. The minimum absolute atomic E-state index is 0.274. The number of amides is 1. The zero-order valence-corrected chi connectivity index (χ0v) is 16.7. The maximum absolute atomic E-state index is 12.8. The summed E-state index contributed by atoms with van der Waals surface area (Å²) in [5.74, 6) is -0.731. The van der Waals surface area contributed by atoms with Crippen LogP contribution >= 0.6 is 0 Å². The number of hydrogen-bond donors (Lipinski definition) is 2. The van der Waals surface area contributed by atoms with Crippen LogP contribution in [0.25, 0.3) is 0 Å². The lowest BCUT2D eigenvalue weighted by atomic mass is 10.1. The summed E-state index contributed by atoms with van der Waals surface area (Å²) in [6.45, 7) is 4.01. The average Bonchev–Trinajstić information content (AvgIpc) is 2.75. The number of aryl methyl sites for hydroxylation is 2. The molecule has 0 bridgehead atoms. The number of methoxy groups -OCH3 is 1. The summed E-state index contributed by atoms with van der Waals surface area (Å²) < 4.78 is 4.82. The highest BCUT2D eigenvalue weighted by Crippen LogP contribution is 2.24. The van der Waals surface area contributed by atoms with Crippen molar-refractivity contribution in [2.45, 2.75) is 20.3 Å².